The Morgan fingerprint density at radius 1 is 1.50 bits per heavy atom. The molecule has 1 N–H and O–H groups in total. The zero-order chi connectivity index (χ0) is 11.8. The van der Waals surface area contributed by atoms with E-state index in [4.69, 9.17) is 0 Å². The minimum absolute atomic E-state index is 0.138. The van der Waals surface area contributed by atoms with E-state index in [1.807, 2.05) is 37.1 Å². The zero-order valence-electron chi connectivity index (χ0n) is 10.3. The predicted octanol–water partition coefficient (Wildman–Crippen LogP) is 1.58. The zero-order valence-corrected chi connectivity index (χ0v) is 10.3. The summed E-state index contributed by atoms with van der Waals surface area (Å²) in [7, 11) is 1.96. The Morgan fingerprint density at radius 3 is 3.00 bits per heavy atom. The molecule has 1 unspecified atom stereocenters. The van der Waals surface area contributed by atoms with Crippen LogP contribution in [0.5, 0.6) is 0 Å². The van der Waals surface area contributed by atoms with E-state index >= 15 is 0 Å². The fraction of sp³-hybridized carbons (Fsp3) is 0.615. The highest BCUT2D eigenvalue weighted by Gasteiger charge is 2.21. The van der Waals surface area contributed by atoms with E-state index < -0.39 is 0 Å². The highest BCUT2D eigenvalue weighted by Crippen LogP contribution is 2.15. The molecule has 1 heterocycles. The van der Waals surface area contributed by atoms with Gasteiger partial charge in [-0.05, 0) is 39.3 Å². The summed E-state index contributed by atoms with van der Waals surface area (Å²) in [6.45, 7) is 4.74. The quantitative estimate of drug-likeness (QED) is 0.578. The maximum atomic E-state index is 11.8. The van der Waals surface area contributed by atoms with E-state index in [2.05, 4.69) is 5.32 Å². The lowest BCUT2D eigenvalue weighted by atomic mass is 9.98. The van der Waals surface area contributed by atoms with Crippen LogP contribution in [0.25, 0.3) is 0 Å². The molecule has 0 aliphatic carbocycles. The van der Waals surface area contributed by atoms with E-state index in [0.29, 0.717) is 5.92 Å². The number of nitrogens with zero attached hydrogens (tertiary/aromatic N) is 1. The molecule has 1 rings (SSSR count). The summed E-state index contributed by atoms with van der Waals surface area (Å²) in [4.78, 5) is 13.8. The smallest absolute Gasteiger partial charge is 0.246 e. The van der Waals surface area contributed by atoms with Gasteiger partial charge in [0.05, 0.1) is 0 Å². The van der Waals surface area contributed by atoms with Gasteiger partial charge in [0, 0.05) is 19.2 Å². The van der Waals surface area contributed by atoms with Crippen LogP contribution in [0.1, 0.15) is 19.8 Å². The molecule has 0 aromatic heterocycles. The second kappa shape index (κ2) is 7.23. The number of likely N-dealkylation sites (tertiary alicyclic amines) is 1. The molecule has 0 bridgehead atoms. The van der Waals surface area contributed by atoms with Crippen molar-refractivity contribution in [2.75, 3.05) is 26.7 Å². The van der Waals surface area contributed by atoms with Gasteiger partial charge in [-0.1, -0.05) is 18.2 Å². The fourth-order valence-corrected chi connectivity index (χ4v) is 2.07. The third-order valence-corrected chi connectivity index (χ3v) is 2.87. The van der Waals surface area contributed by atoms with Crippen molar-refractivity contribution in [1.82, 2.24) is 10.2 Å². The maximum absolute atomic E-state index is 11.8. The van der Waals surface area contributed by atoms with Crippen LogP contribution in [0, 0.1) is 5.92 Å². The van der Waals surface area contributed by atoms with Crippen molar-refractivity contribution in [1.29, 1.82) is 0 Å². The van der Waals surface area contributed by atoms with Gasteiger partial charge in [0.15, 0.2) is 0 Å². The minimum atomic E-state index is 0.138. The van der Waals surface area contributed by atoms with Crippen LogP contribution < -0.4 is 5.32 Å². The number of nitrogens with one attached hydrogen (secondary N) is 1. The van der Waals surface area contributed by atoms with Gasteiger partial charge in [-0.25, -0.2) is 0 Å². The fourth-order valence-electron chi connectivity index (χ4n) is 2.07. The van der Waals surface area contributed by atoms with Crippen molar-refractivity contribution in [3.8, 4) is 0 Å². The van der Waals surface area contributed by atoms with Crippen molar-refractivity contribution in [2.45, 2.75) is 19.8 Å². The minimum Gasteiger partial charge on any atom is -0.339 e. The molecule has 0 spiro atoms. The van der Waals surface area contributed by atoms with Gasteiger partial charge < -0.3 is 10.2 Å². The molecule has 90 valence electrons. The second-order valence-corrected chi connectivity index (χ2v) is 4.24. The Kier molecular flexibility index (Phi) is 5.86. The Hall–Kier alpha value is -1.09. The summed E-state index contributed by atoms with van der Waals surface area (Å²) in [5.41, 5.74) is 0. The Labute approximate surface area is 98.2 Å². The molecule has 0 saturated carbocycles. The van der Waals surface area contributed by atoms with E-state index in [-0.39, 0.29) is 5.91 Å². The lowest BCUT2D eigenvalue weighted by Crippen LogP contribution is -2.41. The van der Waals surface area contributed by atoms with E-state index in [0.717, 1.165) is 26.1 Å². The van der Waals surface area contributed by atoms with Gasteiger partial charge in [0.1, 0.15) is 0 Å². The largest absolute Gasteiger partial charge is 0.339 e. The molecule has 3 heteroatoms. The van der Waals surface area contributed by atoms with Crippen LogP contribution in [0.3, 0.4) is 0 Å². The lowest BCUT2D eigenvalue weighted by Gasteiger charge is -2.32. The first-order valence-electron chi connectivity index (χ1n) is 6.00. The average molecular weight is 222 g/mol. The maximum Gasteiger partial charge on any atom is 0.246 e. The van der Waals surface area contributed by atoms with E-state index in [1.165, 1.54) is 6.42 Å². The van der Waals surface area contributed by atoms with Crippen LogP contribution >= 0.6 is 0 Å². The van der Waals surface area contributed by atoms with Crippen molar-refractivity contribution in [2.24, 2.45) is 5.92 Å². The first-order chi connectivity index (χ1) is 7.77. The number of allylic oxidation sites excluding steroid dienone is 3. The monoisotopic (exact) mass is 222 g/mol. The highest BCUT2D eigenvalue weighted by atomic mass is 16.2. The standard InChI is InChI=1S/C13H22N2O/c1-3-4-5-8-13(16)15-9-6-7-12(11-15)10-14-2/h3-5,8,12,14H,6-7,9-11H2,1-2H3/b4-3+,8-5+. The molecule has 1 atom stereocenters. The molecule has 1 saturated heterocycles. The first kappa shape index (κ1) is 13.0. The van der Waals surface area contributed by atoms with Crippen LogP contribution in [0.4, 0.5) is 0 Å². The predicted molar refractivity (Wildman–Crippen MR) is 67.2 cm³/mol. The summed E-state index contributed by atoms with van der Waals surface area (Å²) >= 11 is 0. The molecule has 1 amide bonds. The summed E-state index contributed by atoms with van der Waals surface area (Å²) in [6, 6.07) is 0. The summed E-state index contributed by atoms with van der Waals surface area (Å²) < 4.78 is 0. The van der Waals surface area contributed by atoms with Crippen LogP contribution in [0.2, 0.25) is 0 Å². The SMILES string of the molecule is C/C=C/C=C/C(=O)N1CCCC(CNC)C1. The number of carbonyl (C=O) groups excluding carboxylic acids is 1. The normalized spacial score (nSPS) is 22.1. The number of hydrogen-bond donors (Lipinski definition) is 1. The summed E-state index contributed by atoms with van der Waals surface area (Å²) in [5.74, 6) is 0.747. The molecule has 1 aliphatic rings. The van der Waals surface area contributed by atoms with Gasteiger partial charge in [-0.2, -0.15) is 0 Å². The Bertz CT molecular complexity index is 269. The van der Waals surface area contributed by atoms with E-state index in [9.17, 15) is 4.79 Å². The van der Waals surface area contributed by atoms with Crippen LogP contribution in [-0.2, 0) is 4.79 Å². The Balaban J connectivity index is 2.43. The molecule has 3 nitrogen and oxygen atoms in total. The number of carbonyl (C=O) groups is 1. The van der Waals surface area contributed by atoms with Crippen LogP contribution in [-0.4, -0.2) is 37.5 Å². The van der Waals surface area contributed by atoms with Crippen molar-refractivity contribution in [3.63, 3.8) is 0 Å². The lowest BCUT2D eigenvalue weighted by molar-refractivity contribution is -0.127. The molecular weight excluding hydrogens is 200 g/mol. The molecular formula is C13H22N2O. The van der Waals surface area contributed by atoms with Crippen molar-refractivity contribution in [3.05, 3.63) is 24.3 Å². The van der Waals surface area contributed by atoms with Gasteiger partial charge in [-0.3, -0.25) is 4.79 Å². The van der Waals surface area contributed by atoms with Gasteiger partial charge >= 0.3 is 0 Å². The van der Waals surface area contributed by atoms with Crippen molar-refractivity contribution >= 4 is 5.91 Å². The molecule has 0 radical (unpaired) electrons. The first-order valence-corrected chi connectivity index (χ1v) is 6.00. The topological polar surface area (TPSA) is 32.3 Å². The summed E-state index contributed by atoms with van der Waals surface area (Å²) in [5, 5.41) is 3.18. The number of piperidine rings is 1. The van der Waals surface area contributed by atoms with Gasteiger partial charge in [0.25, 0.3) is 0 Å². The van der Waals surface area contributed by atoms with E-state index in [1.54, 1.807) is 6.08 Å². The average Bonchev–Trinajstić information content (AvgIpc) is 2.30. The number of hydrogen-bond acceptors (Lipinski definition) is 2. The molecule has 1 fully saturated rings. The number of rotatable bonds is 4. The Morgan fingerprint density at radius 2 is 2.31 bits per heavy atom. The molecule has 0 aromatic rings. The molecule has 16 heavy (non-hydrogen) atoms. The van der Waals surface area contributed by atoms with Crippen LogP contribution in [0.15, 0.2) is 24.3 Å². The highest BCUT2D eigenvalue weighted by molar-refractivity contribution is 5.87. The molecule has 0 aromatic carbocycles. The van der Waals surface area contributed by atoms with Gasteiger partial charge in [0.2, 0.25) is 5.91 Å². The second-order valence-electron chi connectivity index (χ2n) is 4.24. The molecule has 1 aliphatic heterocycles. The summed E-state index contributed by atoms with van der Waals surface area (Å²) in [6.07, 6.45) is 9.61. The third-order valence-electron chi connectivity index (χ3n) is 2.87. The third kappa shape index (κ3) is 4.19. The number of amides is 1. The van der Waals surface area contributed by atoms with Crippen molar-refractivity contribution < 1.29 is 4.79 Å². The van der Waals surface area contributed by atoms with Gasteiger partial charge in [-0.15, -0.1) is 0 Å².